The van der Waals surface area contributed by atoms with Gasteiger partial charge in [0.15, 0.2) is 11.5 Å². The molecule has 3 aromatic rings. The van der Waals surface area contributed by atoms with Crippen molar-refractivity contribution in [2.45, 2.75) is 6.42 Å². The number of fused-ring (bicyclic) bond motifs is 1. The van der Waals surface area contributed by atoms with Gasteiger partial charge in [-0.2, -0.15) is 0 Å². The number of anilines is 2. The van der Waals surface area contributed by atoms with Crippen molar-refractivity contribution in [1.82, 2.24) is 4.98 Å². The van der Waals surface area contributed by atoms with Gasteiger partial charge in [-0.15, -0.1) is 0 Å². The number of hydrogen-bond donors (Lipinski definition) is 2. The first-order chi connectivity index (χ1) is 12.6. The van der Waals surface area contributed by atoms with E-state index < -0.39 is 5.82 Å². The third-order valence-corrected chi connectivity index (χ3v) is 4.03. The van der Waals surface area contributed by atoms with Crippen molar-refractivity contribution in [3.05, 3.63) is 53.4 Å². The molecule has 0 spiro atoms. The highest BCUT2D eigenvalue weighted by atomic mass is 35.5. The summed E-state index contributed by atoms with van der Waals surface area (Å²) in [5.74, 6) is 0.579. The van der Waals surface area contributed by atoms with Gasteiger partial charge >= 0.3 is 0 Å². The van der Waals surface area contributed by atoms with Crippen molar-refractivity contribution >= 4 is 33.9 Å². The number of rotatable bonds is 7. The molecule has 0 radical (unpaired) electrons. The molecule has 1 heterocycles. The normalized spacial score (nSPS) is 10.8. The van der Waals surface area contributed by atoms with Crippen molar-refractivity contribution in [3.8, 4) is 11.5 Å². The summed E-state index contributed by atoms with van der Waals surface area (Å²) in [6, 6.07) is 9.79. The molecule has 0 saturated heterocycles. The van der Waals surface area contributed by atoms with Crippen LogP contribution in [0.2, 0.25) is 5.02 Å². The van der Waals surface area contributed by atoms with E-state index in [1.54, 1.807) is 30.5 Å². The second kappa shape index (κ2) is 8.21. The number of benzene rings is 2. The second-order valence-electron chi connectivity index (χ2n) is 5.53. The first kappa shape index (κ1) is 18.2. The van der Waals surface area contributed by atoms with Gasteiger partial charge in [0.1, 0.15) is 11.3 Å². The predicted molar refractivity (Wildman–Crippen MR) is 100 cm³/mol. The Bertz CT molecular complexity index is 921. The maximum atomic E-state index is 14.1. The van der Waals surface area contributed by atoms with Crippen LogP contribution in [-0.4, -0.2) is 30.4 Å². The van der Waals surface area contributed by atoms with Crippen LogP contribution in [0.25, 0.3) is 10.9 Å². The van der Waals surface area contributed by atoms with E-state index in [0.29, 0.717) is 46.4 Å². The number of nitrogens with one attached hydrogen (secondary N) is 1. The van der Waals surface area contributed by atoms with Gasteiger partial charge in [0, 0.05) is 35.3 Å². The lowest BCUT2D eigenvalue weighted by Crippen LogP contribution is -2.02. The maximum Gasteiger partial charge on any atom is 0.187 e. The number of aliphatic hydroxyl groups is 1. The Balaban J connectivity index is 1.99. The van der Waals surface area contributed by atoms with Gasteiger partial charge in [0.05, 0.1) is 19.4 Å². The van der Waals surface area contributed by atoms with Crippen molar-refractivity contribution < 1.29 is 19.0 Å². The fourth-order valence-electron chi connectivity index (χ4n) is 2.58. The molecule has 3 rings (SSSR count). The lowest BCUT2D eigenvalue weighted by Gasteiger charge is -2.15. The van der Waals surface area contributed by atoms with Gasteiger partial charge in [0.2, 0.25) is 0 Å². The van der Waals surface area contributed by atoms with Gasteiger partial charge in [-0.25, -0.2) is 4.39 Å². The lowest BCUT2D eigenvalue weighted by atomic mass is 10.1. The molecule has 26 heavy (non-hydrogen) atoms. The molecule has 0 bridgehead atoms. The SMILES string of the molecule is COc1c(OCCCO)ccc2c(Nc3ccc(Cl)cc3F)ccnc12. The molecule has 0 amide bonds. The Kier molecular flexibility index (Phi) is 5.75. The molecule has 1 aromatic heterocycles. The van der Waals surface area contributed by atoms with Crippen molar-refractivity contribution in [3.63, 3.8) is 0 Å². The average Bonchev–Trinajstić information content (AvgIpc) is 2.64. The number of methoxy groups -OCH3 is 1. The highest BCUT2D eigenvalue weighted by Crippen LogP contribution is 2.38. The van der Waals surface area contributed by atoms with Gasteiger partial charge in [0.25, 0.3) is 0 Å². The molecule has 7 heteroatoms. The second-order valence-corrected chi connectivity index (χ2v) is 5.96. The summed E-state index contributed by atoms with van der Waals surface area (Å²) >= 11 is 5.80. The summed E-state index contributed by atoms with van der Waals surface area (Å²) in [5, 5.41) is 13.0. The Morgan fingerprint density at radius 3 is 2.77 bits per heavy atom. The number of nitrogens with zero attached hydrogens (tertiary/aromatic N) is 1. The van der Waals surface area contributed by atoms with Crippen LogP contribution in [0.1, 0.15) is 6.42 Å². The molecule has 0 aliphatic heterocycles. The minimum Gasteiger partial charge on any atom is -0.491 e. The third-order valence-electron chi connectivity index (χ3n) is 3.79. The molecule has 0 atom stereocenters. The number of aromatic nitrogens is 1. The van der Waals surface area contributed by atoms with Crippen LogP contribution in [0.3, 0.4) is 0 Å². The topological polar surface area (TPSA) is 63.6 Å². The van der Waals surface area contributed by atoms with Crippen LogP contribution >= 0.6 is 11.6 Å². The molecule has 2 N–H and O–H groups in total. The summed E-state index contributed by atoms with van der Waals surface area (Å²) < 4.78 is 25.2. The predicted octanol–water partition coefficient (Wildman–Crippen LogP) is 4.54. The highest BCUT2D eigenvalue weighted by Gasteiger charge is 2.14. The van der Waals surface area contributed by atoms with Crippen molar-refractivity contribution in [2.75, 3.05) is 25.6 Å². The third kappa shape index (κ3) is 3.81. The van der Waals surface area contributed by atoms with Crippen LogP contribution in [0.15, 0.2) is 42.6 Å². The molecule has 5 nitrogen and oxygen atoms in total. The van der Waals surface area contributed by atoms with Gasteiger partial charge in [-0.1, -0.05) is 11.6 Å². The zero-order chi connectivity index (χ0) is 18.5. The van der Waals surface area contributed by atoms with Crippen LogP contribution in [-0.2, 0) is 0 Å². The minimum atomic E-state index is -0.446. The standard InChI is InChI=1S/C19H18ClFN2O3/c1-25-19-17(26-10-2-9-24)6-4-13-15(7-8-22-18(13)19)23-16-5-3-12(20)11-14(16)21/h3-8,11,24H,2,9-10H2,1H3,(H,22,23). The van der Waals surface area contributed by atoms with Crippen LogP contribution in [0, 0.1) is 5.82 Å². The maximum absolute atomic E-state index is 14.1. The number of ether oxygens (including phenoxy) is 2. The fraction of sp³-hybridized carbons (Fsp3) is 0.211. The molecule has 136 valence electrons. The zero-order valence-corrected chi connectivity index (χ0v) is 14.9. The van der Waals surface area contributed by atoms with E-state index in [0.717, 1.165) is 5.39 Å². The molecule has 0 unspecified atom stereocenters. The van der Waals surface area contributed by atoms with Crippen LogP contribution in [0.5, 0.6) is 11.5 Å². The van der Waals surface area contributed by atoms with E-state index in [4.69, 9.17) is 26.2 Å². The first-order valence-corrected chi connectivity index (χ1v) is 8.43. The van der Waals surface area contributed by atoms with Crippen molar-refractivity contribution in [2.24, 2.45) is 0 Å². The molecular weight excluding hydrogens is 359 g/mol. The lowest BCUT2D eigenvalue weighted by molar-refractivity contribution is 0.228. The summed E-state index contributed by atoms with van der Waals surface area (Å²) in [6.45, 7) is 0.418. The van der Waals surface area contributed by atoms with Gasteiger partial charge in [-0.3, -0.25) is 4.98 Å². The van der Waals surface area contributed by atoms with Crippen LogP contribution < -0.4 is 14.8 Å². The van der Waals surface area contributed by atoms with Gasteiger partial charge in [-0.05, 0) is 36.4 Å². The molecule has 0 aliphatic carbocycles. The Labute approximate surface area is 155 Å². The Morgan fingerprint density at radius 1 is 1.19 bits per heavy atom. The van der Waals surface area contributed by atoms with Gasteiger partial charge < -0.3 is 19.9 Å². The Morgan fingerprint density at radius 2 is 2.04 bits per heavy atom. The van der Waals surface area contributed by atoms with E-state index in [2.05, 4.69) is 10.3 Å². The number of hydrogen-bond acceptors (Lipinski definition) is 5. The monoisotopic (exact) mass is 376 g/mol. The van der Waals surface area contributed by atoms with Crippen LogP contribution in [0.4, 0.5) is 15.8 Å². The Hall–Kier alpha value is -2.57. The first-order valence-electron chi connectivity index (χ1n) is 8.05. The molecule has 0 fully saturated rings. The van der Waals surface area contributed by atoms with E-state index >= 15 is 0 Å². The largest absolute Gasteiger partial charge is 0.491 e. The molecular formula is C19H18ClFN2O3. The zero-order valence-electron chi connectivity index (χ0n) is 14.1. The summed E-state index contributed by atoms with van der Waals surface area (Å²) in [6.07, 6.45) is 2.13. The number of aliphatic hydroxyl groups excluding tert-OH is 1. The molecule has 0 saturated carbocycles. The highest BCUT2D eigenvalue weighted by molar-refractivity contribution is 6.30. The summed E-state index contributed by atoms with van der Waals surface area (Å²) in [5.41, 5.74) is 1.58. The van der Waals surface area contributed by atoms with E-state index in [1.165, 1.54) is 13.2 Å². The van der Waals surface area contributed by atoms with E-state index in [9.17, 15) is 4.39 Å². The molecule has 0 aliphatic rings. The van der Waals surface area contributed by atoms with Crippen molar-refractivity contribution in [1.29, 1.82) is 0 Å². The summed E-state index contributed by atoms with van der Waals surface area (Å²) in [7, 11) is 1.54. The van der Waals surface area contributed by atoms with E-state index in [-0.39, 0.29) is 6.61 Å². The average molecular weight is 377 g/mol. The quantitative estimate of drug-likeness (QED) is 0.593. The number of halogens is 2. The number of pyridine rings is 1. The minimum absolute atomic E-state index is 0.0505. The fourth-order valence-corrected chi connectivity index (χ4v) is 2.74. The summed E-state index contributed by atoms with van der Waals surface area (Å²) in [4.78, 5) is 4.37. The molecule has 2 aromatic carbocycles. The van der Waals surface area contributed by atoms with E-state index in [1.807, 2.05) is 6.07 Å². The smallest absolute Gasteiger partial charge is 0.187 e.